The molecule has 182 valence electrons. The van der Waals surface area contributed by atoms with E-state index in [9.17, 15) is 9.59 Å². The van der Waals surface area contributed by atoms with Crippen molar-refractivity contribution in [1.29, 1.82) is 0 Å². The maximum Gasteiger partial charge on any atom is 0.302 e. The molecule has 4 aliphatic carbocycles. The van der Waals surface area contributed by atoms with Gasteiger partial charge in [-0.15, -0.1) is 0 Å². The number of ether oxygens (including phenoxy) is 1. The molecule has 0 radical (unpaired) electrons. The average molecular weight is 445 g/mol. The Morgan fingerprint density at radius 1 is 1.00 bits per heavy atom. The van der Waals surface area contributed by atoms with Crippen LogP contribution in [0.5, 0.6) is 0 Å². The van der Waals surface area contributed by atoms with Gasteiger partial charge in [0.25, 0.3) is 0 Å². The highest BCUT2D eigenvalue weighted by atomic mass is 16.5. The Balaban J connectivity index is 1.48. The molecule has 3 heteroatoms. The summed E-state index contributed by atoms with van der Waals surface area (Å²) in [6.45, 7) is 13.7. The van der Waals surface area contributed by atoms with Gasteiger partial charge >= 0.3 is 5.97 Å². The van der Waals surface area contributed by atoms with Gasteiger partial charge < -0.3 is 4.74 Å². The molecule has 0 bridgehead atoms. The average Bonchev–Trinajstić information content (AvgIpc) is 3.05. The van der Waals surface area contributed by atoms with Crippen molar-refractivity contribution in [1.82, 2.24) is 0 Å². The van der Waals surface area contributed by atoms with Crippen molar-refractivity contribution in [3.05, 3.63) is 0 Å². The zero-order chi connectivity index (χ0) is 23.3. The monoisotopic (exact) mass is 444 g/mol. The molecule has 4 rings (SSSR count). The summed E-state index contributed by atoms with van der Waals surface area (Å²) < 4.78 is 5.58. The Morgan fingerprint density at radius 2 is 1.69 bits per heavy atom. The molecule has 0 aromatic carbocycles. The molecule has 0 spiro atoms. The van der Waals surface area contributed by atoms with E-state index in [1.165, 1.54) is 51.9 Å². The number of hydrogen-bond acceptors (Lipinski definition) is 3. The fraction of sp³-hybridized carbons (Fsp3) is 0.931. The lowest BCUT2D eigenvalue weighted by atomic mass is 9.44. The molecule has 4 aliphatic rings. The summed E-state index contributed by atoms with van der Waals surface area (Å²) in [7, 11) is 0. The van der Waals surface area contributed by atoms with E-state index in [1.807, 2.05) is 0 Å². The Labute approximate surface area is 196 Å². The van der Waals surface area contributed by atoms with Crippen molar-refractivity contribution in [2.45, 2.75) is 118 Å². The zero-order valence-corrected chi connectivity index (χ0v) is 21.6. The summed E-state index contributed by atoms with van der Waals surface area (Å²) in [6.07, 6.45) is 12.9. The molecule has 4 fully saturated rings. The molecule has 3 nitrogen and oxygen atoms in total. The number of fused-ring (bicyclic) bond motifs is 5. The largest absolute Gasteiger partial charge is 0.463 e. The van der Waals surface area contributed by atoms with E-state index in [2.05, 4.69) is 34.6 Å². The van der Waals surface area contributed by atoms with Gasteiger partial charge in [0.15, 0.2) is 0 Å². The Morgan fingerprint density at radius 3 is 2.38 bits per heavy atom. The number of rotatable bonds is 6. The van der Waals surface area contributed by atoms with E-state index < -0.39 is 0 Å². The maximum absolute atomic E-state index is 13.7. The topological polar surface area (TPSA) is 43.4 Å². The predicted octanol–water partition coefficient (Wildman–Crippen LogP) is 7.22. The molecule has 0 N–H and O–H groups in total. The van der Waals surface area contributed by atoms with Crippen LogP contribution in [0.2, 0.25) is 0 Å². The minimum atomic E-state index is -0.174. The van der Waals surface area contributed by atoms with Crippen LogP contribution >= 0.6 is 0 Å². The van der Waals surface area contributed by atoms with Crippen LogP contribution in [-0.4, -0.2) is 17.9 Å². The van der Waals surface area contributed by atoms with Gasteiger partial charge in [-0.2, -0.15) is 0 Å². The standard InChI is InChI=1S/C29H48O3/c1-18(2)8-7-9-19(3)23-10-11-24-27-25(13-15-29(23,24)6)28(5)14-12-22(32-20(4)30)16-21(28)17-26(27)31/h18-19,21-25,27H,7-17H2,1-6H3/t19-,21-,22-,23+,24-,25-,27+,28+,29+/m1/s1. The van der Waals surface area contributed by atoms with E-state index in [4.69, 9.17) is 4.74 Å². The van der Waals surface area contributed by atoms with Crippen LogP contribution in [0.3, 0.4) is 0 Å². The van der Waals surface area contributed by atoms with Gasteiger partial charge in [-0.1, -0.05) is 53.9 Å². The minimum absolute atomic E-state index is 0.0198. The number of esters is 1. The predicted molar refractivity (Wildman–Crippen MR) is 129 cm³/mol. The van der Waals surface area contributed by atoms with Crippen LogP contribution in [0.1, 0.15) is 112 Å². The first kappa shape index (κ1) is 24.3. The Kier molecular flexibility index (Phi) is 6.87. The van der Waals surface area contributed by atoms with Crippen molar-refractivity contribution in [2.24, 2.45) is 52.3 Å². The van der Waals surface area contributed by atoms with Crippen molar-refractivity contribution in [2.75, 3.05) is 0 Å². The van der Waals surface area contributed by atoms with Gasteiger partial charge in [0.1, 0.15) is 11.9 Å². The Hall–Kier alpha value is -0.860. The maximum atomic E-state index is 13.7. The molecule has 9 atom stereocenters. The van der Waals surface area contributed by atoms with Gasteiger partial charge in [-0.25, -0.2) is 0 Å². The van der Waals surface area contributed by atoms with Gasteiger partial charge in [-0.05, 0) is 91.3 Å². The summed E-state index contributed by atoms with van der Waals surface area (Å²) in [5, 5.41) is 0. The third-order valence-corrected chi connectivity index (χ3v) is 11.0. The van der Waals surface area contributed by atoms with Crippen LogP contribution in [0, 0.1) is 52.3 Å². The lowest BCUT2D eigenvalue weighted by Gasteiger charge is -2.60. The van der Waals surface area contributed by atoms with Crippen molar-refractivity contribution in [3.8, 4) is 0 Å². The first-order valence-corrected chi connectivity index (χ1v) is 13.8. The summed E-state index contributed by atoms with van der Waals surface area (Å²) in [4.78, 5) is 25.2. The zero-order valence-electron chi connectivity index (χ0n) is 21.6. The molecule has 0 saturated heterocycles. The SMILES string of the molecule is CC(=O)O[C@@H]1CC[C@@]2(C)[C@@H](CC(=O)[C@@H]3[C@H]2CC[C@]2(C)[C@@H]3CC[C@H]2[C@H](C)CCCC(C)C)C1. The highest BCUT2D eigenvalue weighted by Crippen LogP contribution is 2.67. The van der Waals surface area contributed by atoms with E-state index in [1.54, 1.807) is 0 Å². The van der Waals surface area contributed by atoms with Crippen LogP contribution in [-0.2, 0) is 14.3 Å². The van der Waals surface area contributed by atoms with Crippen LogP contribution in [0.4, 0.5) is 0 Å². The summed E-state index contributed by atoms with van der Waals surface area (Å²) in [6, 6.07) is 0. The molecule has 0 aromatic heterocycles. The van der Waals surface area contributed by atoms with Gasteiger partial charge in [0, 0.05) is 19.3 Å². The third-order valence-electron chi connectivity index (χ3n) is 11.0. The number of hydrogen-bond donors (Lipinski definition) is 0. The highest BCUT2D eigenvalue weighted by molar-refractivity contribution is 5.83. The number of carbonyl (C=O) groups is 2. The number of carbonyl (C=O) groups excluding carboxylic acids is 2. The second kappa shape index (κ2) is 9.06. The summed E-state index contributed by atoms with van der Waals surface area (Å²) in [5.41, 5.74) is 0.601. The molecule has 0 heterocycles. The fourth-order valence-electron chi connectivity index (χ4n) is 9.26. The van der Waals surface area contributed by atoms with Crippen LogP contribution < -0.4 is 0 Å². The normalized spacial score (nSPS) is 44.5. The molecular formula is C29H48O3. The number of Topliss-reactive ketones (excluding diaryl/α,β-unsaturated/α-hetero) is 1. The van der Waals surface area contributed by atoms with Gasteiger partial charge in [0.05, 0.1) is 0 Å². The van der Waals surface area contributed by atoms with Crippen molar-refractivity contribution < 1.29 is 14.3 Å². The lowest BCUT2D eigenvalue weighted by Crippen LogP contribution is -2.57. The molecule has 0 amide bonds. The smallest absolute Gasteiger partial charge is 0.302 e. The van der Waals surface area contributed by atoms with Gasteiger partial charge in [0.2, 0.25) is 0 Å². The molecule has 4 saturated carbocycles. The van der Waals surface area contributed by atoms with E-state index in [0.717, 1.165) is 43.4 Å². The van der Waals surface area contributed by atoms with Gasteiger partial charge in [-0.3, -0.25) is 9.59 Å². The van der Waals surface area contributed by atoms with Crippen LogP contribution in [0.15, 0.2) is 0 Å². The van der Waals surface area contributed by atoms with Crippen LogP contribution in [0.25, 0.3) is 0 Å². The third kappa shape index (κ3) is 4.20. The fourth-order valence-corrected chi connectivity index (χ4v) is 9.26. The second-order valence-electron chi connectivity index (χ2n) is 13.1. The lowest BCUT2D eigenvalue weighted by molar-refractivity contribution is -0.168. The van der Waals surface area contributed by atoms with E-state index in [0.29, 0.717) is 29.0 Å². The molecule has 0 unspecified atom stereocenters. The Bertz CT molecular complexity index is 713. The van der Waals surface area contributed by atoms with E-state index >= 15 is 0 Å². The first-order chi connectivity index (χ1) is 15.1. The molecule has 32 heavy (non-hydrogen) atoms. The van der Waals surface area contributed by atoms with E-state index in [-0.39, 0.29) is 23.4 Å². The van der Waals surface area contributed by atoms with Crippen molar-refractivity contribution >= 4 is 11.8 Å². The molecule has 0 aromatic rings. The molecular weight excluding hydrogens is 396 g/mol. The minimum Gasteiger partial charge on any atom is -0.463 e. The quantitative estimate of drug-likeness (QED) is 0.406. The highest BCUT2D eigenvalue weighted by Gasteiger charge is 2.63. The second-order valence-corrected chi connectivity index (χ2v) is 13.1. The van der Waals surface area contributed by atoms with Crippen molar-refractivity contribution in [3.63, 3.8) is 0 Å². The first-order valence-electron chi connectivity index (χ1n) is 13.8. The summed E-state index contributed by atoms with van der Waals surface area (Å²) >= 11 is 0. The summed E-state index contributed by atoms with van der Waals surface area (Å²) in [5.74, 6) is 4.56. The molecule has 0 aliphatic heterocycles. The number of ketones is 1.